The number of amides is 1. The second-order valence-corrected chi connectivity index (χ2v) is 7.68. The highest BCUT2D eigenvalue weighted by atomic mass is 35.5. The van der Waals surface area contributed by atoms with E-state index in [1.54, 1.807) is 0 Å². The standard InChI is InChI=1S/C18H32N2O.ClH/c21-18(13-15-11-16-8-9-17(12-15)20-16)19-10-4-3-7-14-5-1-2-6-14;/h14-17,20H,1-13H2,(H,19,21);1H. The lowest BCUT2D eigenvalue weighted by molar-refractivity contribution is -0.122. The van der Waals surface area contributed by atoms with E-state index in [9.17, 15) is 4.79 Å². The van der Waals surface area contributed by atoms with Crippen LogP contribution in [-0.2, 0) is 4.79 Å². The largest absolute Gasteiger partial charge is 0.356 e. The van der Waals surface area contributed by atoms with Gasteiger partial charge in [0, 0.05) is 25.0 Å². The van der Waals surface area contributed by atoms with Gasteiger partial charge in [-0.3, -0.25) is 4.79 Å². The molecule has 3 fully saturated rings. The van der Waals surface area contributed by atoms with Crippen molar-refractivity contribution >= 4 is 18.3 Å². The first kappa shape index (κ1) is 18.1. The average molecular weight is 329 g/mol. The van der Waals surface area contributed by atoms with Crippen LogP contribution in [0.3, 0.4) is 0 Å². The third-order valence-corrected chi connectivity index (χ3v) is 5.88. The molecule has 1 saturated carbocycles. The van der Waals surface area contributed by atoms with Gasteiger partial charge in [0.15, 0.2) is 0 Å². The third kappa shape index (κ3) is 5.42. The summed E-state index contributed by atoms with van der Waals surface area (Å²) in [5, 5.41) is 6.79. The number of rotatable bonds is 7. The van der Waals surface area contributed by atoms with Crippen molar-refractivity contribution in [2.75, 3.05) is 6.54 Å². The zero-order valence-corrected chi connectivity index (χ0v) is 14.6. The van der Waals surface area contributed by atoms with Crippen LogP contribution < -0.4 is 10.6 Å². The van der Waals surface area contributed by atoms with Gasteiger partial charge in [-0.2, -0.15) is 0 Å². The Labute approximate surface area is 141 Å². The van der Waals surface area contributed by atoms with Crippen molar-refractivity contribution in [1.29, 1.82) is 0 Å². The number of unbranched alkanes of at least 4 members (excludes halogenated alkanes) is 1. The third-order valence-electron chi connectivity index (χ3n) is 5.88. The van der Waals surface area contributed by atoms with E-state index in [0.717, 1.165) is 18.9 Å². The summed E-state index contributed by atoms with van der Waals surface area (Å²) in [7, 11) is 0. The van der Waals surface area contributed by atoms with Gasteiger partial charge in [0.1, 0.15) is 0 Å². The predicted molar refractivity (Wildman–Crippen MR) is 93.4 cm³/mol. The quantitative estimate of drug-likeness (QED) is 0.698. The highest BCUT2D eigenvalue weighted by Gasteiger charge is 2.34. The summed E-state index contributed by atoms with van der Waals surface area (Å²) in [5.74, 6) is 1.91. The molecule has 2 aliphatic heterocycles. The molecule has 2 saturated heterocycles. The second kappa shape index (κ2) is 9.12. The molecule has 2 unspecified atom stereocenters. The molecule has 3 rings (SSSR count). The first-order valence-corrected chi connectivity index (χ1v) is 9.32. The molecule has 0 aromatic rings. The van der Waals surface area contributed by atoms with E-state index in [2.05, 4.69) is 10.6 Å². The molecule has 0 aromatic carbocycles. The Morgan fingerprint density at radius 3 is 2.32 bits per heavy atom. The molecule has 0 radical (unpaired) electrons. The Morgan fingerprint density at radius 2 is 1.64 bits per heavy atom. The number of carbonyl (C=O) groups excluding carboxylic acids is 1. The van der Waals surface area contributed by atoms with Crippen LogP contribution in [0.15, 0.2) is 0 Å². The van der Waals surface area contributed by atoms with Crippen molar-refractivity contribution in [2.45, 2.75) is 89.1 Å². The molecule has 2 atom stereocenters. The lowest BCUT2D eigenvalue weighted by Gasteiger charge is -2.28. The van der Waals surface area contributed by atoms with Gasteiger partial charge in [-0.05, 0) is 43.9 Å². The number of piperidine rings is 1. The van der Waals surface area contributed by atoms with E-state index in [1.807, 2.05) is 0 Å². The molecular weight excluding hydrogens is 296 g/mol. The zero-order chi connectivity index (χ0) is 14.5. The molecule has 0 aromatic heterocycles. The summed E-state index contributed by atoms with van der Waals surface area (Å²) in [4.78, 5) is 12.0. The summed E-state index contributed by atoms with van der Waals surface area (Å²) in [5.41, 5.74) is 0. The van der Waals surface area contributed by atoms with Gasteiger partial charge < -0.3 is 10.6 Å². The van der Waals surface area contributed by atoms with Gasteiger partial charge in [-0.1, -0.05) is 38.5 Å². The fourth-order valence-electron chi connectivity index (χ4n) is 4.76. The van der Waals surface area contributed by atoms with E-state index in [1.165, 1.54) is 70.6 Å². The van der Waals surface area contributed by atoms with Crippen LogP contribution in [0.1, 0.15) is 77.0 Å². The maximum atomic E-state index is 12.0. The van der Waals surface area contributed by atoms with Gasteiger partial charge >= 0.3 is 0 Å². The summed E-state index contributed by atoms with van der Waals surface area (Å²) >= 11 is 0. The number of hydrogen-bond acceptors (Lipinski definition) is 2. The van der Waals surface area contributed by atoms with E-state index < -0.39 is 0 Å². The topological polar surface area (TPSA) is 41.1 Å². The van der Waals surface area contributed by atoms with Crippen molar-refractivity contribution in [3.8, 4) is 0 Å². The van der Waals surface area contributed by atoms with E-state index >= 15 is 0 Å². The highest BCUT2D eigenvalue weighted by Crippen LogP contribution is 2.32. The zero-order valence-electron chi connectivity index (χ0n) is 13.8. The van der Waals surface area contributed by atoms with Crippen LogP contribution in [0.2, 0.25) is 0 Å². The van der Waals surface area contributed by atoms with Crippen molar-refractivity contribution in [1.82, 2.24) is 10.6 Å². The molecule has 3 aliphatic rings. The van der Waals surface area contributed by atoms with Crippen molar-refractivity contribution in [3.05, 3.63) is 0 Å². The second-order valence-electron chi connectivity index (χ2n) is 7.68. The van der Waals surface area contributed by atoms with E-state index in [-0.39, 0.29) is 12.4 Å². The summed E-state index contributed by atoms with van der Waals surface area (Å²) in [6.45, 7) is 0.892. The number of halogens is 1. The highest BCUT2D eigenvalue weighted by molar-refractivity contribution is 5.85. The number of carbonyl (C=O) groups is 1. The minimum absolute atomic E-state index is 0. The van der Waals surface area contributed by atoms with Crippen molar-refractivity contribution < 1.29 is 4.79 Å². The van der Waals surface area contributed by atoms with E-state index in [4.69, 9.17) is 0 Å². The fraction of sp³-hybridized carbons (Fsp3) is 0.944. The van der Waals surface area contributed by atoms with Crippen molar-refractivity contribution in [2.24, 2.45) is 11.8 Å². The lowest BCUT2D eigenvalue weighted by Crippen LogP contribution is -2.39. The molecule has 1 aliphatic carbocycles. The van der Waals surface area contributed by atoms with Crippen LogP contribution in [0.4, 0.5) is 0 Å². The Bertz CT molecular complexity index is 332. The van der Waals surface area contributed by atoms with Gasteiger partial charge in [0.05, 0.1) is 0 Å². The summed E-state index contributed by atoms with van der Waals surface area (Å²) in [6, 6.07) is 1.40. The fourth-order valence-corrected chi connectivity index (χ4v) is 4.76. The molecule has 2 N–H and O–H groups in total. The number of fused-ring (bicyclic) bond motifs is 2. The number of hydrogen-bond donors (Lipinski definition) is 2. The molecule has 4 heteroatoms. The predicted octanol–water partition coefficient (Wildman–Crippen LogP) is 3.81. The monoisotopic (exact) mass is 328 g/mol. The summed E-state index contributed by atoms with van der Waals surface area (Å²) < 4.78 is 0. The van der Waals surface area contributed by atoms with Crippen LogP contribution in [0, 0.1) is 11.8 Å². The Balaban J connectivity index is 0.00000176. The molecule has 2 heterocycles. The Kier molecular flexibility index (Phi) is 7.49. The van der Waals surface area contributed by atoms with Crippen LogP contribution in [0.5, 0.6) is 0 Å². The average Bonchev–Trinajstić information content (AvgIpc) is 3.08. The van der Waals surface area contributed by atoms with Crippen LogP contribution >= 0.6 is 12.4 Å². The molecule has 0 spiro atoms. The minimum atomic E-state index is 0. The van der Waals surface area contributed by atoms with Crippen LogP contribution in [0.25, 0.3) is 0 Å². The van der Waals surface area contributed by atoms with E-state index in [0.29, 0.717) is 23.9 Å². The molecular formula is C18H33ClN2O. The maximum absolute atomic E-state index is 12.0. The van der Waals surface area contributed by atoms with Gasteiger partial charge in [0.2, 0.25) is 5.91 Å². The normalized spacial score (nSPS) is 31.0. The summed E-state index contributed by atoms with van der Waals surface area (Å²) in [6.07, 6.45) is 15.5. The lowest BCUT2D eigenvalue weighted by atomic mass is 9.89. The first-order valence-electron chi connectivity index (χ1n) is 9.32. The molecule has 1 amide bonds. The molecule has 22 heavy (non-hydrogen) atoms. The SMILES string of the molecule is Cl.O=C(CC1CC2CCC(C1)N2)NCCCCC1CCCC1. The smallest absolute Gasteiger partial charge is 0.220 e. The first-order chi connectivity index (χ1) is 10.3. The maximum Gasteiger partial charge on any atom is 0.220 e. The minimum Gasteiger partial charge on any atom is -0.356 e. The van der Waals surface area contributed by atoms with Crippen molar-refractivity contribution in [3.63, 3.8) is 0 Å². The number of nitrogens with one attached hydrogen (secondary N) is 2. The molecule has 2 bridgehead atoms. The van der Waals surface area contributed by atoms with Crippen LogP contribution in [-0.4, -0.2) is 24.5 Å². The van der Waals surface area contributed by atoms with Gasteiger partial charge in [-0.25, -0.2) is 0 Å². The van der Waals surface area contributed by atoms with Gasteiger partial charge in [-0.15, -0.1) is 12.4 Å². The molecule has 3 nitrogen and oxygen atoms in total. The Morgan fingerprint density at radius 1 is 0.955 bits per heavy atom. The van der Waals surface area contributed by atoms with Gasteiger partial charge in [0.25, 0.3) is 0 Å². The molecule has 128 valence electrons. The Hall–Kier alpha value is -0.280.